The first-order valence-corrected chi connectivity index (χ1v) is 16.3. The van der Waals surface area contributed by atoms with Crippen molar-refractivity contribution in [3.05, 3.63) is 62.6 Å². The predicted molar refractivity (Wildman–Crippen MR) is 163 cm³/mol. The highest BCUT2D eigenvalue weighted by Crippen LogP contribution is 2.28. The van der Waals surface area contributed by atoms with E-state index in [1.165, 1.54) is 12.1 Å². The molecular weight excluding hydrogens is 585 g/mol. The van der Waals surface area contributed by atoms with E-state index < -0.39 is 15.4 Å². The molecule has 1 N–H and O–H groups in total. The smallest absolute Gasteiger partial charge is 0.410 e. The summed E-state index contributed by atoms with van der Waals surface area (Å²) in [5.41, 5.74) is 2.20. The summed E-state index contributed by atoms with van der Waals surface area (Å²) in [6, 6.07) is 8.08. The van der Waals surface area contributed by atoms with Crippen molar-refractivity contribution in [2.24, 2.45) is 0 Å². The molecule has 1 saturated heterocycles. The van der Waals surface area contributed by atoms with Gasteiger partial charge in [0.15, 0.2) is 9.84 Å². The van der Waals surface area contributed by atoms with Crippen molar-refractivity contribution in [3.8, 4) is 0 Å². The van der Waals surface area contributed by atoms with E-state index in [2.05, 4.69) is 10.2 Å². The van der Waals surface area contributed by atoms with Crippen molar-refractivity contribution in [1.82, 2.24) is 15.1 Å². The molecule has 1 aliphatic rings. The van der Waals surface area contributed by atoms with E-state index in [0.29, 0.717) is 40.7 Å². The maximum absolute atomic E-state index is 13.1. The van der Waals surface area contributed by atoms with Gasteiger partial charge >= 0.3 is 6.09 Å². The van der Waals surface area contributed by atoms with Crippen molar-refractivity contribution >= 4 is 45.0 Å². The minimum Gasteiger partial charge on any atom is -0.444 e. The predicted octanol–water partition coefficient (Wildman–Crippen LogP) is 6.11. The third-order valence-electron chi connectivity index (χ3n) is 7.20. The first-order chi connectivity index (χ1) is 19.1. The fourth-order valence-corrected chi connectivity index (χ4v) is 6.55. The van der Waals surface area contributed by atoms with Crippen LogP contribution >= 0.6 is 23.2 Å². The van der Waals surface area contributed by atoms with Crippen LogP contribution in [0.3, 0.4) is 0 Å². The van der Waals surface area contributed by atoms with Gasteiger partial charge in [-0.15, -0.1) is 0 Å². The number of halogens is 2. The van der Waals surface area contributed by atoms with E-state index in [1.807, 2.05) is 33.8 Å². The molecule has 1 fully saturated rings. The number of aryl methyl sites for hydroxylation is 1. The summed E-state index contributed by atoms with van der Waals surface area (Å²) in [7, 11) is -1.70. The number of likely N-dealkylation sites (N-methyl/N-ethyl adjacent to an activating group) is 1. The zero-order valence-corrected chi connectivity index (χ0v) is 27.0. The second-order valence-corrected chi connectivity index (χ2v) is 14.5. The molecule has 3 rings (SSSR count). The third kappa shape index (κ3) is 8.83. The molecule has 0 aromatic heterocycles. The Hall–Kier alpha value is -2.33. The van der Waals surface area contributed by atoms with Gasteiger partial charge in [-0.05, 0) is 93.6 Å². The lowest BCUT2D eigenvalue weighted by atomic mass is 9.98. The Morgan fingerprint density at radius 1 is 1.12 bits per heavy atom. The Morgan fingerprint density at radius 3 is 2.46 bits per heavy atom. The minimum absolute atomic E-state index is 0.00905. The van der Waals surface area contributed by atoms with Crippen molar-refractivity contribution in [2.45, 2.75) is 83.5 Å². The highest BCUT2D eigenvalue weighted by molar-refractivity contribution is 7.91. The number of sulfone groups is 1. The number of carbonyl (C=O) groups excluding carboxylic acids is 2. The van der Waals surface area contributed by atoms with Crippen LogP contribution in [0.1, 0.15) is 74.5 Å². The van der Waals surface area contributed by atoms with Gasteiger partial charge in [-0.1, -0.05) is 37.0 Å². The molecule has 41 heavy (non-hydrogen) atoms. The lowest BCUT2D eigenvalue weighted by molar-refractivity contribution is 0.0129. The van der Waals surface area contributed by atoms with Gasteiger partial charge in [-0.3, -0.25) is 9.69 Å². The highest BCUT2D eigenvalue weighted by Gasteiger charge is 2.30. The standard InChI is InChI=1S/C30H41Cl2N3O5S/c1-7-20-14-21(28(36)33-17-22-15-23(31)11-12-27(22)41(38,39)8-2)16-26(32)25(20)19-35-13-9-10-24(18-35)34(6)29(37)40-30(3,4)5/h11-12,14-16,24H,7-10,13,17-19H2,1-6H3,(H,33,36)/t24-/m0/s1. The van der Waals surface area contributed by atoms with E-state index in [-0.39, 0.29) is 35.2 Å². The minimum atomic E-state index is -3.48. The monoisotopic (exact) mass is 625 g/mol. The lowest BCUT2D eigenvalue weighted by Crippen LogP contribution is -2.49. The largest absolute Gasteiger partial charge is 0.444 e. The topological polar surface area (TPSA) is 96.0 Å². The molecule has 1 heterocycles. The van der Waals surface area contributed by atoms with Crippen LogP contribution in [0.5, 0.6) is 0 Å². The molecule has 8 nitrogen and oxygen atoms in total. The van der Waals surface area contributed by atoms with Gasteiger partial charge in [0.25, 0.3) is 5.91 Å². The van der Waals surface area contributed by atoms with Crippen LogP contribution in [0, 0.1) is 0 Å². The van der Waals surface area contributed by atoms with Gasteiger partial charge in [-0.25, -0.2) is 13.2 Å². The summed E-state index contributed by atoms with van der Waals surface area (Å²) in [5.74, 6) is -0.410. The molecule has 0 unspecified atom stereocenters. The molecule has 11 heteroatoms. The first-order valence-electron chi connectivity index (χ1n) is 13.9. The zero-order valence-electron chi connectivity index (χ0n) is 24.7. The molecule has 2 amide bonds. The number of piperidine rings is 1. The van der Waals surface area contributed by atoms with Crippen molar-refractivity contribution in [3.63, 3.8) is 0 Å². The average molecular weight is 627 g/mol. The van der Waals surface area contributed by atoms with Crippen LogP contribution in [0.2, 0.25) is 10.0 Å². The Balaban J connectivity index is 1.73. The summed E-state index contributed by atoms with van der Waals surface area (Å²) in [6.45, 7) is 11.3. The molecular formula is C30H41Cl2N3O5S. The van der Waals surface area contributed by atoms with Crippen LogP contribution in [0.4, 0.5) is 4.79 Å². The van der Waals surface area contributed by atoms with Gasteiger partial charge in [0, 0.05) is 48.3 Å². The molecule has 2 aromatic carbocycles. The molecule has 0 aliphatic carbocycles. The summed E-state index contributed by atoms with van der Waals surface area (Å²) in [6.07, 6.45) is 2.19. The number of nitrogens with one attached hydrogen (secondary N) is 1. The fourth-order valence-electron chi connectivity index (χ4n) is 4.94. The summed E-state index contributed by atoms with van der Waals surface area (Å²) < 4.78 is 30.6. The molecule has 1 aliphatic heterocycles. The Kier molecular flexibility index (Phi) is 11.1. The van der Waals surface area contributed by atoms with E-state index in [1.54, 1.807) is 31.0 Å². The van der Waals surface area contributed by atoms with Gasteiger partial charge < -0.3 is 15.0 Å². The van der Waals surface area contributed by atoms with Gasteiger partial charge in [-0.2, -0.15) is 0 Å². The number of ether oxygens (including phenoxy) is 1. The van der Waals surface area contributed by atoms with Gasteiger partial charge in [0.2, 0.25) is 0 Å². The average Bonchev–Trinajstić information content (AvgIpc) is 2.91. The maximum atomic E-state index is 13.1. The number of amides is 2. The van der Waals surface area contributed by atoms with Crippen molar-refractivity contribution < 1.29 is 22.7 Å². The van der Waals surface area contributed by atoms with Crippen LogP contribution in [-0.4, -0.2) is 67.8 Å². The van der Waals surface area contributed by atoms with E-state index in [0.717, 1.165) is 30.5 Å². The van der Waals surface area contributed by atoms with Gasteiger partial charge in [0.05, 0.1) is 10.6 Å². The number of nitrogens with zero attached hydrogens (tertiary/aromatic N) is 2. The Labute approximate surface area is 254 Å². The number of likely N-dealkylation sites (tertiary alicyclic amines) is 1. The molecule has 0 radical (unpaired) electrons. The number of hydrogen-bond acceptors (Lipinski definition) is 6. The first kappa shape index (κ1) is 33.2. The quantitative estimate of drug-likeness (QED) is 0.361. The lowest BCUT2D eigenvalue weighted by Gasteiger charge is -2.38. The third-order valence-corrected chi connectivity index (χ3v) is 9.60. The SMILES string of the molecule is CCc1cc(C(=O)NCc2cc(Cl)ccc2S(=O)(=O)CC)cc(Cl)c1CN1CCC[C@H](N(C)C(=O)OC(C)(C)C)C1. The van der Waals surface area contributed by atoms with E-state index in [9.17, 15) is 18.0 Å². The maximum Gasteiger partial charge on any atom is 0.410 e. The molecule has 0 saturated carbocycles. The van der Waals surface area contributed by atoms with Crippen molar-refractivity contribution in [1.29, 1.82) is 0 Å². The van der Waals surface area contributed by atoms with Crippen LogP contribution in [-0.2, 0) is 34.1 Å². The molecule has 226 valence electrons. The normalized spacial score (nSPS) is 16.3. The number of benzene rings is 2. The second-order valence-electron chi connectivity index (χ2n) is 11.4. The van der Waals surface area contributed by atoms with Crippen LogP contribution in [0.15, 0.2) is 35.2 Å². The van der Waals surface area contributed by atoms with E-state index in [4.69, 9.17) is 27.9 Å². The second kappa shape index (κ2) is 13.8. The summed E-state index contributed by atoms with van der Waals surface area (Å²) in [4.78, 5) is 29.9. The number of hydrogen-bond donors (Lipinski definition) is 1. The van der Waals surface area contributed by atoms with Gasteiger partial charge in [0.1, 0.15) is 5.60 Å². The molecule has 0 bridgehead atoms. The highest BCUT2D eigenvalue weighted by atomic mass is 35.5. The van der Waals surface area contributed by atoms with Crippen molar-refractivity contribution in [2.75, 3.05) is 25.9 Å². The number of rotatable bonds is 9. The molecule has 0 spiro atoms. The zero-order chi connectivity index (χ0) is 30.5. The van der Waals surface area contributed by atoms with E-state index >= 15 is 0 Å². The fraction of sp³-hybridized carbons (Fsp3) is 0.533. The summed E-state index contributed by atoms with van der Waals surface area (Å²) in [5, 5.41) is 3.71. The number of carbonyl (C=O) groups is 2. The summed E-state index contributed by atoms with van der Waals surface area (Å²) >= 11 is 12.9. The molecule has 1 atom stereocenters. The molecule has 2 aromatic rings. The Morgan fingerprint density at radius 2 is 1.83 bits per heavy atom. The van der Waals surface area contributed by atoms with Crippen LogP contribution in [0.25, 0.3) is 0 Å². The van der Waals surface area contributed by atoms with Crippen LogP contribution < -0.4 is 5.32 Å². The Bertz CT molecular complexity index is 1370.